The van der Waals surface area contributed by atoms with Gasteiger partial charge in [0.2, 0.25) is 0 Å². The van der Waals surface area contributed by atoms with Crippen LogP contribution in [0.4, 0.5) is 13.6 Å². The maximum atomic E-state index is 13.7. The highest BCUT2D eigenvalue weighted by atomic mass is 19.3. The molecule has 148 valence electrons. The van der Waals surface area contributed by atoms with Crippen LogP contribution < -0.4 is 0 Å². The summed E-state index contributed by atoms with van der Waals surface area (Å²) in [6.07, 6.45) is -0.338. The van der Waals surface area contributed by atoms with E-state index in [-0.39, 0.29) is 12.1 Å². The minimum absolute atomic E-state index is 0.285. The summed E-state index contributed by atoms with van der Waals surface area (Å²) >= 11 is 0. The van der Waals surface area contributed by atoms with Crippen LogP contribution in [0.3, 0.4) is 0 Å². The number of aromatic nitrogens is 2. The number of halogens is 2. The molecule has 1 aliphatic heterocycles. The van der Waals surface area contributed by atoms with Crippen LogP contribution in [0.2, 0.25) is 0 Å². The quantitative estimate of drug-likeness (QED) is 0.806. The lowest BCUT2D eigenvalue weighted by Crippen LogP contribution is -2.50. The summed E-state index contributed by atoms with van der Waals surface area (Å²) in [5, 5.41) is 0. The Balaban J connectivity index is 1.73. The van der Waals surface area contributed by atoms with E-state index in [1.165, 1.54) is 0 Å². The van der Waals surface area contributed by atoms with Crippen molar-refractivity contribution in [3.63, 3.8) is 0 Å². The van der Waals surface area contributed by atoms with Gasteiger partial charge < -0.3 is 9.64 Å². The van der Waals surface area contributed by atoms with Gasteiger partial charge in [-0.15, -0.1) is 0 Å². The zero-order valence-corrected chi connectivity index (χ0v) is 16.2. The van der Waals surface area contributed by atoms with Crippen molar-refractivity contribution in [1.82, 2.24) is 19.4 Å². The lowest BCUT2D eigenvalue weighted by atomic mass is 10.2. The van der Waals surface area contributed by atoms with Crippen LogP contribution in [0, 0.1) is 0 Å². The van der Waals surface area contributed by atoms with Crippen molar-refractivity contribution in [2.75, 3.05) is 26.2 Å². The van der Waals surface area contributed by atoms with E-state index < -0.39 is 12.2 Å². The van der Waals surface area contributed by atoms with Crippen LogP contribution in [0.1, 0.15) is 46.1 Å². The molecule has 2 heterocycles. The summed E-state index contributed by atoms with van der Waals surface area (Å²) in [6.45, 7) is 6.86. The average molecular weight is 380 g/mol. The Morgan fingerprint density at radius 2 is 1.78 bits per heavy atom. The Kier molecular flexibility index (Phi) is 5.37. The normalized spacial score (nSPS) is 17.5. The standard InChI is InChI=1S/C19H26F2N4O2/c1-13(16-22-14-7-5-6-8-15(14)25(16)17(20)21)23-9-11-24(12-10-23)18(26)27-19(2,3)4/h5-8,13,17H,9-12H2,1-4H3. The van der Waals surface area contributed by atoms with Crippen molar-refractivity contribution in [3.8, 4) is 0 Å². The van der Waals surface area contributed by atoms with E-state index in [0.717, 1.165) is 4.57 Å². The predicted molar refractivity (Wildman–Crippen MR) is 98.8 cm³/mol. The largest absolute Gasteiger partial charge is 0.444 e. The second-order valence-electron chi connectivity index (χ2n) is 7.79. The first kappa shape index (κ1) is 19.5. The fourth-order valence-electron chi connectivity index (χ4n) is 3.34. The van der Waals surface area contributed by atoms with Crippen LogP contribution in [0.15, 0.2) is 24.3 Å². The number of hydrogen-bond donors (Lipinski definition) is 0. The Morgan fingerprint density at radius 1 is 1.15 bits per heavy atom. The number of carbonyl (C=O) groups excluding carboxylic acids is 1. The predicted octanol–water partition coefficient (Wildman–Crippen LogP) is 4.05. The molecule has 1 aromatic heterocycles. The van der Waals surface area contributed by atoms with Gasteiger partial charge in [0.05, 0.1) is 17.1 Å². The molecule has 1 aliphatic rings. The second-order valence-corrected chi connectivity index (χ2v) is 7.79. The Labute approximate surface area is 157 Å². The van der Waals surface area contributed by atoms with Gasteiger partial charge >= 0.3 is 12.6 Å². The number of hydrogen-bond acceptors (Lipinski definition) is 4. The number of ether oxygens (including phenoxy) is 1. The lowest BCUT2D eigenvalue weighted by Gasteiger charge is -2.38. The van der Waals surface area contributed by atoms with E-state index in [0.29, 0.717) is 43.0 Å². The molecular weight excluding hydrogens is 354 g/mol. The molecule has 0 N–H and O–H groups in total. The second kappa shape index (κ2) is 7.42. The molecule has 1 atom stereocenters. The molecule has 1 saturated heterocycles. The van der Waals surface area contributed by atoms with E-state index in [4.69, 9.17) is 4.74 Å². The maximum Gasteiger partial charge on any atom is 0.410 e. The fourth-order valence-corrected chi connectivity index (χ4v) is 3.34. The number of alkyl halides is 2. The molecule has 0 bridgehead atoms. The minimum Gasteiger partial charge on any atom is -0.444 e. The van der Waals surface area contributed by atoms with Crippen LogP contribution in [-0.4, -0.2) is 57.2 Å². The number of imidazole rings is 1. The van der Waals surface area contributed by atoms with Gasteiger partial charge in [-0.3, -0.25) is 9.47 Å². The summed E-state index contributed by atoms with van der Waals surface area (Å²) in [5.74, 6) is 0.344. The molecule has 8 heteroatoms. The SMILES string of the molecule is CC(c1nc2ccccc2n1C(F)F)N1CCN(C(=O)OC(C)(C)C)CC1. The van der Waals surface area contributed by atoms with Gasteiger partial charge in [-0.05, 0) is 39.8 Å². The number of nitrogens with zero attached hydrogens (tertiary/aromatic N) is 4. The van der Waals surface area contributed by atoms with E-state index in [9.17, 15) is 13.6 Å². The first-order valence-electron chi connectivity index (χ1n) is 9.14. The maximum absolute atomic E-state index is 13.7. The highest BCUT2D eigenvalue weighted by Crippen LogP contribution is 2.29. The van der Waals surface area contributed by atoms with Gasteiger partial charge in [0, 0.05) is 26.2 Å². The first-order chi connectivity index (χ1) is 12.7. The summed E-state index contributed by atoms with van der Waals surface area (Å²) < 4.78 is 33.8. The van der Waals surface area contributed by atoms with Gasteiger partial charge in [0.1, 0.15) is 11.4 Å². The topological polar surface area (TPSA) is 50.6 Å². The molecule has 0 spiro atoms. The molecule has 1 unspecified atom stereocenters. The monoisotopic (exact) mass is 380 g/mol. The van der Waals surface area contributed by atoms with Gasteiger partial charge in [0.25, 0.3) is 0 Å². The zero-order valence-electron chi connectivity index (χ0n) is 16.2. The third kappa shape index (κ3) is 4.21. The van der Waals surface area contributed by atoms with E-state index in [1.54, 1.807) is 29.2 Å². The molecule has 0 radical (unpaired) electrons. The van der Waals surface area contributed by atoms with Crippen molar-refractivity contribution in [1.29, 1.82) is 0 Å². The Hall–Kier alpha value is -2.22. The number of para-hydroxylation sites is 2. The molecule has 27 heavy (non-hydrogen) atoms. The molecule has 3 rings (SSSR count). The van der Waals surface area contributed by atoms with Crippen molar-refractivity contribution >= 4 is 17.1 Å². The van der Waals surface area contributed by atoms with Crippen molar-refractivity contribution in [2.45, 2.75) is 45.9 Å². The molecule has 0 saturated carbocycles. The Bertz CT molecular complexity index is 808. The third-order valence-electron chi connectivity index (χ3n) is 4.71. The zero-order chi connectivity index (χ0) is 19.8. The summed E-state index contributed by atoms with van der Waals surface area (Å²) in [5.41, 5.74) is 0.456. The van der Waals surface area contributed by atoms with Gasteiger partial charge in [-0.2, -0.15) is 8.78 Å². The molecule has 1 amide bonds. The number of fused-ring (bicyclic) bond motifs is 1. The van der Waals surface area contributed by atoms with Crippen molar-refractivity contribution in [3.05, 3.63) is 30.1 Å². The highest BCUT2D eigenvalue weighted by Gasteiger charge is 2.31. The van der Waals surface area contributed by atoms with Crippen LogP contribution in [0.25, 0.3) is 11.0 Å². The van der Waals surface area contributed by atoms with Crippen LogP contribution in [-0.2, 0) is 4.74 Å². The molecular formula is C19H26F2N4O2. The summed E-state index contributed by atoms with van der Waals surface area (Å²) in [4.78, 5) is 20.4. The summed E-state index contributed by atoms with van der Waals surface area (Å²) in [6, 6.07) is 6.64. The van der Waals surface area contributed by atoms with Crippen molar-refractivity contribution in [2.24, 2.45) is 0 Å². The molecule has 1 fully saturated rings. The smallest absolute Gasteiger partial charge is 0.410 e. The number of rotatable bonds is 3. The number of amides is 1. The molecule has 1 aromatic carbocycles. The number of piperazine rings is 1. The van der Waals surface area contributed by atoms with E-state index in [1.807, 2.05) is 27.7 Å². The van der Waals surface area contributed by atoms with E-state index in [2.05, 4.69) is 9.88 Å². The van der Waals surface area contributed by atoms with Crippen LogP contribution in [0.5, 0.6) is 0 Å². The molecule has 2 aromatic rings. The third-order valence-corrected chi connectivity index (χ3v) is 4.71. The molecule has 0 aliphatic carbocycles. The summed E-state index contributed by atoms with van der Waals surface area (Å²) in [7, 11) is 0. The van der Waals surface area contributed by atoms with E-state index >= 15 is 0 Å². The van der Waals surface area contributed by atoms with Gasteiger partial charge in [-0.25, -0.2) is 9.78 Å². The number of carbonyl (C=O) groups is 1. The first-order valence-corrected chi connectivity index (χ1v) is 9.14. The van der Waals surface area contributed by atoms with Crippen molar-refractivity contribution < 1.29 is 18.3 Å². The van der Waals surface area contributed by atoms with Gasteiger partial charge in [0.15, 0.2) is 0 Å². The highest BCUT2D eigenvalue weighted by molar-refractivity contribution is 5.76. The lowest BCUT2D eigenvalue weighted by molar-refractivity contribution is 0.00949. The molecule has 6 nitrogen and oxygen atoms in total. The minimum atomic E-state index is -2.65. The van der Waals surface area contributed by atoms with Crippen LogP contribution >= 0.6 is 0 Å². The Morgan fingerprint density at radius 3 is 2.37 bits per heavy atom. The number of benzene rings is 1. The average Bonchev–Trinajstić information content (AvgIpc) is 2.99. The fraction of sp³-hybridized carbons (Fsp3) is 0.579. The van der Waals surface area contributed by atoms with Gasteiger partial charge in [-0.1, -0.05) is 12.1 Å².